The third-order valence-corrected chi connectivity index (χ3v) is 6.97. The maximum Gasteiger partial charge on any atom is 0.320 e. The Morgan fingerprint density at radius 3 is 2.42 bits per heavy atom. The van der Waals surface area contributed by atoms with Crippen molar-refractivity contribution in [3.8, 4) is 11.1 Å². The molecule has 1 aliphatic rings. The molecule has 1 fully saturated rings. The van der Waals surface area contributed by atoms with Gasteiger partial charge in [0, 0.05) is 37.8 Å². The molecule has 8 nitrogen and oxygen atoms in total. The Hall–Kier alpha value is -3.33. The van der Waals surface area contributed by atoms with Gasteiger partial charge in [-0.1, -0.05) is 53.7 Å². The van der Waals surface area contributed by atoms with Gasteiger partial charge in [0.1, 0.15) is 4.90 Å². The first-order valence-corrected chi connectivity index (χ1v) is 11.4. The standard InChI is InChI=1S/C22H24N4O4S/c1-15-16(2)23-30-21(15)24-31(28,29)20-18(14-26-13-12-25(3)22(26)27)10-7-11-19(20)17-8-5-4-6-9-17/h4-11,24H,12-14H2,1-3H3. The first-order chi connectivity index (χ1) is 14.8. The summed E-state index contributed by atoms with van der Waals surface area (Å²) < 4.78 is 34.9. The van der Waals surface area contributed by atoms with Gasteiger partial charge in [0.2, 0.25) is 5.88 Å². The molecule has 1 aromatic heterocycles. The Morgan fingerprint density at radius 2 is 1.81 bits per heavy atom. The van der Waals surface area contributed by atoms with Crippen LogP contribution in [0.5, 0.6) is 0 Å². The van der Waals surface area contributed by atoms with Crippen molar-refractivity contribution in [2.45, 2.75) is 25.3 Å². The van der Waals surface area contributed by atoms with Crippen molar-refractivity contribution in [1.29, 1.82) is 0 Å². The normalized spacial score (nSPS) is 14.4. The highest BCUT2D eigenvalue weighted by Crippen LogP contribution is 2.33. The fourth-order valence-electron chi connectivity index (χ4n) is 3.61. The molecule has 0 saturated carbocycles. The summed E-state index contributed by atoms with van der Waals surface area (Å²) >= 11 is 0. The van der Waals surface area contributed by atoms with Gasteiger partial charge < -0.3 is 14.3 Å². The van der Waals surface area contributed by atoms with Crippen LogP contribution in [-0.2, 0) is 16.6 Å². The van der Waals surface area contributed by atoms with E-state index < -0.39 is 10.0 Å². The van der Waals surface area contributed by atoms with E-state index in [0.29, 0.717) is 35.5 Å². The van der Waals surface area contributed by atoms with E-state index in [0.717, 1.165) is 5.56 Å². The zero-order valence-electron chi connectivity index (χ0n) is 17.6. The predicted molar refractivity (Wildman–Crippen MR) is 117 cm³/mol. The van der Waals surface area contributed by atoms with Gasteiger partial charge in [-0.15, -0.1) is 0 Å². The Labute approximate surface area is 181 Å². The third kappa shape index (κ3) is 4.00. The number of carbonyl (C=O) groups excluding carboxylic acids is 1. The number of hydrogen-bond donors (Lipinski definition) is 1. The molecule has 1 saturated heterocycles. The van der Waals surface area contributed by atoms with Crippen LogP contribution in [0.25, 0.3) is 11.1 Å². The molecule has 162 valence electrons. The molecule has 1 N–H and O–H groups in total. The lowest BCUT2D eigenvalue weighted by Gasteiger charge is -2.20. The number of hydrogen-bond acceptors (Lipinski definition) is 5. The van der Waals surface area contributed by atoms with Crippen molar-refractivity contribution in [2.24, 2.45) is 0 Å². The topological polar surface area (TPSA) is 95.8 Å². The van der Waals surface area contributed by atoms with Crippen LogP contribution in [0.3, 0.4) is 0 Å². The van der Waals surface area contributed by atoms with E-state index >= 15 is 0 Å². The Morgan fingerprint density at radius 1 is 1.06 bits per heavy atom. The minimum Gasteiger partial charge on any atom is -0.337 e. The average molecular weight is 441 g/mol. The SMILES string of the molecule is Cc1noc(NS(=O)(=O)c2c(CN3CCN(C)C3=O)cccc2-c2ccccc2)c1C. The summed E-state index contributed by atoms with van der Waals surface area (Å²) in [5.41, 5.74) is 3.09. The summed E-state index contributed by atoms with van der Waals surface area (Å²) in [7, 11) is -2.31. The average Bonchev–Trinajstić information content (AvgIpc) is 3.24. The second-order valence-corrected chi connectivity index (χ2v) is 9.23. The van der Waals surface area contributed by atoms with Gasteiger partial charge in [-0.25, -0.2) is 17.9 Å². The number of amides is 2. The molecule has 3 aromatic rings. The number of benzene rings is 2. The number of carbonyl (C=O) groups is 1. The van der Waals surface area contributed by atoms with Crippen molar-refractivity contribution in [3.63, 3.8) is 0 Å². The summed E-state index contributed by atoms with van der Waals surface area (Å²) in [5.74, 6) is 0.0864. The van der Waals surface area contributed by atoms with Gasteiger partial charge in [0.25, 0.3) is 10.0 Å². The summed E-state index contributed by atoms with van der Waals surface area (Å²) in [6.07, 6.45) is 0. The Bertz CT molecular complexity index is 1220. The number of nitrogens with one attached hydrogen (secondary N) is 1. The molecule has 0 radical (unpaired) electrons. The van der Waals surface area contributed by atoms with Crippen LogP contribution < -0.4 is 4.72 Å². The summed E-state index contributed by atoms with van der Waals surface area (Å²) in [5, 5.41) is 3.84. The maximum absolute atomic E-state index is 13.6. The van der Waals surface area contributed by atoms with E-state index in [1.54, 1.807) is 42.8 Å². The summed E-state index contributed by atoms with van der Waals surface area (Å²) in [6, 6.07) is 14.5. The Kier molecular flexibility index (Phi) is 5.45. The molecule has 0 bridgehead atoms. The van der Waals surface area contributed by atoms with Gasteiger partial charge in [0.05, 0.1) is 5.69 Å². The highest BCUT2D eigenvalue weighted by atomic mass is 32.2. The number of sulfonamides is 1. The molecule has 31 heavy (non-hydrogen) atoms. The lowest BCUT2D eigenvalue weighted by atomic mass is 10.0. The lowest BCUT2D eigenvalue weighted by molar-refractivity contribution is 0.196. The van der Waals surface area contributed by atoms with E-state index in [2.05, 4.69) is 9.88 Å². The molecule has 1 aliphatic heterocycles. The van der Waals surface area contributed by atoms with Gasteiger partial charge in [-0.2, -0.15) is 0 Å². The van der Waals surface area contributed by atoms with Crippen molar-refractivity contribution in [2.75, 3.05) is 24.9 Å². The highest BCUT2D eigenvalue weighted by Gasteiger charge is 2.30. The first-order valence-electron chi connectivity index (χ1n) is 9.91. The molecule has 4 rings (SSSR count). The minimum atomic E-state index is -4.04. The predicted octanol–water partition coefficient (Wildman–Crippen LogP) is 3.63. The fourth-order valence-corrected chi connectivity index (χ4v) is 5.10. The van der Waals surface area contributed by atoms with Crippen molar-refractivity contribution >= 4 is 21.9 Å². The zero-order valence-corrected chi connectivity index (χ0v) is 18.4. The summed E-state index contributed by atoms with van der Waals surface area (Å²) in [4.78, 5) is 15.8. The molecule has 0 spiro atoms. The van der Waals surface area contributed by atoms with Crippen LogP contribution in [0.2, 0.25) is 0 Å². The van der Waals surface area contributed by atoms with Gasteiger partial charge in [0.15, 0.2) is 0 Å². The van der Waals surface area contributed by atoms with Crippen LogP contribution in [0.1, 0.15) is 16.8 Å². The molecule has 2 amide bonds. The van der Waals surface area contributed by atoms with Crippen molar-refractivity contribution in [3.05, 3.63) is 65.4 Å². The van der Waals surface area contributed by atoms with E-state index in [9.17, 15) is 13.2 Å². The quantitative estimate of drug-likeness (QED) is 0.632. The second-order valence-electron chi connectivity index (χ2n) is 7.61. The molecule has 0 unspecified atom stereocenters. The number of rotatable bonds is 6. The highest BCUT2D eigenvalue weighted by molar-refractivity contribution is 7.93. The molecular formula is C22H24N4O4S. The number of likely N-dealkylation sites (N-methyl/N-ethyl adjacent to an activating group) is 1. The van der Waals surface area contributed by atoms with Crippen LogP contribution in [0.15, 0.2) is 57.9 Å². The van der Waals surface area contributed by atoms with Gasteiger partial charge >= 0.3 is 6.03 Å². The third-order valence-electron chi connectivity index (χ3n) is 5.50. The number of aryl methyl sites for hydroxylation is 1. The number of urea groups is 1. The maximum atomic E-state index is 13.6. The zero-order chi connectivity index (χ0) is 22.2. The number of anilines is 1. The van der Waals surface area contributed by atoms with Crippen molar-refractivity contribution in [1.82, 2.24) is 15.0 Å². The first kappa shape index (κ1) is 20.9. The molecule has 9 heteroatoms. The van der Waals surface area contributed by atoms with E-state index in [4.69, 9.17) is 4.52 Å². The van der Waals surface area contributed by atoms with Crippen LogP contribution in [-0.4, -0.2) is 49.5 Å². The van der Waals surface area contributed by atoms with Crippen molar-refractivity contribution < 1.29 is 17.7 Å². The molecule has 0 atom stereocenters. The Balaban J connectivity index is 1.83. The van der Waals surface area contributed by atoms with Gasteiger partial charge in [-0.3, -0.25) is 0 Å². The second kappa shape index (κ2) is 8.07. The van der Waals surface area contributed by atoms with E-state index in [-0.39, 0.29) is 23.4 Å². The molecule has 2 aromatic carbocycles. The summed E-state index contributed by atoms with van der Waals surface area (Å²) in [6.45, 7) is 4.82. The van der Waals surface area contributed by atoms with E-state index in [1.165, 1.54) is 0 Å². The van der Waals surface area contributed by atoms with E-state index in [1.807, 2.05) is 36.4 Å². The molecular weight excluding hydrogens is 416 g/mol. The molecule has 2 heterocycles. The largest absolute Gasteiger partial charge is 0.337 e. The van der Waals surface area contributed by atoms with Gasteiger partial charge in [-0.05, 0) is 25.0 Å². The van der Waals surface area contributed by atoms with Crippen LogP contribution >= 0.6 is 0 Å². The smallest absolute Gasteiger partial charge is 0.320 e. The fraction of sp³-hybridized carbons (Fsp3) is 0.273. The van der Waals surface area contributed by atoms with Crippen LogP contribution in [0, 0.1) is 13.8 Å². The minimum absolute atomic E-state index is 0.0864. The number of nitrogens with zero attached hydrogens (tertiary/aromatic N) is 3. The number of aromatic nitrogens is 1. The lowest BCUT2D eigenvalue weighted by Crippen LogP contribution is -2.30. The monoisotopic (exact) mass is 440 g/mol. The van der Waals surface area contributed by atoms with Crippen LogP contribution in [0.4, 0.5) is 10.7 Å². The molecule has 0 aliphatic carbocycles.